The summed E-state index contributed by atoms with van der Waals surface area (Å²) in [4.78, 5) is 25.4. The normalized spacial score (nSPS) is 24.1. The van der Waals surface area contributed by atoms with Gasteiger partial charge in [0.15, 0.2) is 0 Å². The highest BCUT2D eigenvalue weighted by molar-refractivity contribution is 5.79. The second-order valence-electron chi connectivity index (χ2n) is 5.91. The van der Waals surface area contributed by atoms with Crippen LogP contribution in [0.15, 0.2) is 18.6 Å². The maximum Gasteiger partial charge on any atom is 0.226 e. The van der Waals surface area contributed by atoms with E-state index in [-0.39, 0.29) is 5.92 Å². The minimum atomic E-state index is 0.165. The molecule has 2 fully saturated rings. The van der Waals surface area contributed by atoms with E-state index in [0.717, 1.165) is 51.4 Å². The van der Waals surface area contributed by atoms with Crippen molar-refractivity contribution < 1.29 is 4.79 Å². The number of piperazine rings is 1. The topological polar surface area (TPSA) is 61.4 Å². The van der Waals surface area contributed by atoms with Crippen LogP contribution in [0.5, 0.6) is 0 Å². The Hall–Kier alpha value is -1.69. The smallest absolute Gasteiger partial charge is 0.226 e. The first-order valence-corrected chi connectivity index (χ1v) is 7.78. The molecular weight excluding hydrogens is 266 g/mol. The Morgan fingerprint density at radius 2 is 2.10 bits per heavy atom. The average Bonchev–Trinajstić information content (AvgIpc) is 2.56. The van der Waals surface area contributed by atoms with Crippen molar-refractivity contribution in [2.75, 3.05) is 37.6 Å². The predicted molar refractivity (Wildman–Crippen MR) is 81.0 cm³/mol. The van der Waals surface area contributed by atoms with Gasteiger partial charge in [-0.3, -0.25) is 9.78 Å². The largest absolute Gasteiger partial charge is 0.355 e. The number of nitrogens with zero attached hydrogens (tertiary/aromatic N) is 4. The third-order valence-electron chi connectivity index (χ3n) is 4.50. The molecule has 2 aliphatic rings. The van der Waals surface area contributed by atoms with E-state index in [9.17, 15) is 4.79 Å². The van der Waals surface area contributed by atoms with Gasteiger partial charge in [0.05, 0.1) is 6.20 Å². The number of hydrogen-bond acceptors (Lipinski definition) is 5. The van der Waals surface area contributed by atoms with E-state index in [1.54, 1.807) is 18.6 Å². The lowest BCUT2D eigenvalue weighted by atomic mass is 9.94. The minimum absolute atomic E-state index is 0.165. The number of amides is 1. The Kier molecular flexibility index (Phi) is 4.34. The molecule has 6 heteroatoms. The van der Waals surface area contributed by atoms with Crippen molar-refractivity contribution in [2.24, 2.45) is 5.92 Å². The number of aromatic nitrogens is 2. The first-order valence-electron chi connectivity index (χ1n) is 7.78. The molecule has 3 rings (SSSR count). The molecule has 1 amide bonds. The van der Waals surface area contributed by atoms with Crippen LogP contribution in [0.4, 0.5) is 5.82 Å². The van der Waals surface area contributed by atoms with Gasteiger partial charge < -0.3 is 15.1 Å². The van der Waals surface area contributed by atoms with Crippen LogP contribution in [0.3, 0.4) is 0 Å². The lowest BCUT2D eigenvalue weighted by Gasteiger charge is -2.39. The molecule has 2 aliphatic heterocycles. The zero-order valence-corrected chi connectivity index (χ0v) is 12.5. The maximum absolute atomic E-state index is 12.7. The fraction of sp³-hybridized carbons (Fsp3) is 0.667. The molecule has 1 unspecified atom stereocenters. The highest BCUT2D eigenvalue weighted by Crippen LogP contribution is 2.23. The molecule has 2 saturated heterocycles. The fourth-order valence-corrected chi connectivity index (χ4v) is 3.21. The molecular formula is C15H23N5O. The third-order valence-corrected chi connectivity index (χ3v) is 4.50. The van der Waals surface area contributed by atoms with Gasteiger partial charge in [0.2, 0.25) is 5.91 Å². The number of nitrogens with one attached hydrogen (secondary N) is 1. The van der Waals surface area contributed by atoms with Crippen molar-refractivity contribution in [3.8, 4) is 0 Å². The zero-order chi connectivity index (χ0) is 14.7. The monoisotopic (exact) mass is 289 g/mol. The number of carbonyl (C=O) groups excluding carboxylic acids is 1. The van der Waals surface area contributed by atoms with E-state index in [1.807, 2.05) is 0 Å². The molecule has 0 saturated carbocycles. The summed E-state index contributed by atoms with van der Waals surface area (Å²) < 4.78 is 0. The number of anilines is 1. The Morgan fingerprint density at radius 1 is 1.29 bits per heavy atom. The molecule has 0 bridgehead atoms. The molecule has 6 nitrogen and oxygen atoms in total. The van der Waals surface area contributed by atoms with Crippen molar-refractivity contribution in [1.82, 2.24) is 20.2 Å². The molecule has 0 spiro atoms. The molecule has 0 aliphatic carbocycles. The van der Waals surface area contributed by atoms with Crippen LogP contribution in [-0.2, 0) is 4.79 Å². The second-order valence-corrected chi connectivity index (χ2v) is 5.91. The molecule has 114 valence electrons. The predicted octanol–water partition coefficient (Wildman–Crippen LogP) is 0.513. The van der Waals surface area contributed by atoms with Gasteiger partial charge >= 0.3 is 0 Å². The Balaban J connectivity index is 1.57. The average molecular weight is 289 g/mol. The molecule has 1 aromatic heterocycles. The van der Waals surface area contributed by atoms with Gasteiger partial charge in [0.1, 0.15) is 5.82 Å². The summed E-state index contributed by atoms with van der Waals surface area (Å²) in [6.45, 7) is 6.55. The summed E-state index contributed by atoms with van der Waals surface area (Å²) in [6, 6.07) is 0.310. The zero-order valence-electron chi connectivity index (χ0n) is 12.5. The van der Waals surface area contributed by atoms with Crippen molar-refractivity contribution >= 4 is 11.7 Å². The fourth-order valence-electron chi connectivity index (χ4n) is 3.21. The van der Waals surface area contributed by atoms with Gasteiger partial charge in [-0.25, -0.2) is 4.98 Å². The quantitative estimate of drug-likeness (QED) is 0.860. The van der Waals surface area contributed by atoms with Gasteiger partial charge in [-0.2, -0.15) is 0 Å². The highest BCUT2D eigenvalue weighted by atomic mass is 16.2. The molecule has 0 radical (unpaired) electrons. The molecule has 1 N–H and O–H groups in total. The van der Waals surface area contributed by atoms with Crippen LogP contribution in [0.1, 0.15) is 19.8 Å². The van der Waals surface area contributed by atoms with Gasteiger partial charge in [-0.1, -0.05) is 0 Å². The molecule has 21 heavy (non-hydrogen) atoms. The van der Waals surface area contributed by atoms with Crippen molar-refractivity contribution in [3.63, 3.8) is 0 Å². The summed E-state index contributed by atoms with van der Waals surface area (Å²) in [6.07, 6.45) is 7.01. The number of rotatable bonds is 2. The van der Waals surface area contributed by atoms with Gasteiger partial charge in [0, 0.05) is 57.1 Å². The molecule has 1 aromatic rings. The van der Waals surface area contributed by atoms with Gasteiger partial charge in [-0.15, -0.1) is 0 Å². The SMILES string of the molecule is CC1CNCCN1C(=O)C1CCN(c2cnccn2)CC1. The summed E-state index contributed by atoms with van der Waals surface area (Å²) >= 11 is 0. The third kappa shape index (κ3) is 3.15. The summed E-state index contributed by atoms with van der Waals surface area (Å²) in [5.74, 6) is 1.42. The van der Waals surface area contributed by atoms with Crippen LogP contribution in [0.25, 0.3) is 0 Å². The highest BCUT2D eigenvalue weighted by Gasteiger charge is 2.32. The van der Waals surface area contributed by atoms with Crippen LogP contribution < -0.4 is 10.2 Å². The molecule has 1 atom stereocenters. The lowest BCUT2D eigenvalue weighted by Crippen LogP contribution is -2.54. The van der Waals surface area contributed by atoms with Crippen molar-refractivity contribution in [2.45, 2.75) is 25.8 Å². The van der Waals surface area contributed by atoms with Crippen LogP contribution >= 0.6 is 0 Å². The van der Waals surface area contributed by atoms with E-state index in [0.29, 0.717) is 11.9 Å². The van der Waals surface area contributed by atoms with Crippen molar-refractivity contribution in [3.05, 3.63) is 18.6 Å². The van der Waals surface area contributed by atoms with E-state index in [1.165, 1.54) is 0 Å². The second kappa shape index (κ2) is 6.39. The lowest BCUT2D eigenvalue weighted by molar-refractivity contribution is -0.139. The van der Waals surface area contributed by atoms with E-state index < -0.39 is 0 Å². The molecule has 0 aromatic carbocycles. The Morgan fingerprint density at radius 3 is 2.76 bits per heavy atom. The van der Waals surface area contributed by atoms with E-state index >= 15 is 0 Å². The molecule has 3 heterocycles. The van der Waals surface area contributed by atoms with E-state index in [2.05, 4.69) is 32.0 Å². The standard InChI is InChI=1S/C15H23N5O/c1-12-10-17-6-9-20(12)15(21)13-2-7-19(8-3-13)14-11-16-4-5-18-14/h4-5,11-13,17H,2-3,6-10H2,1H3. The van der Waals surface area contributed by atoms with Gasteiger partial charge in [0.25, 0.3) is 0 Å². The number of hydrogen-bond donors (Lipinski definition) is 1. The van der Waals surface area contributed by atoms with Gasteiger partial charge in [-0.05, 0) is 19.8 Å². The maximum atomic E-state index is 12.7. The Bertz CT molecular complexity index is 472. The van der Waals surface area contributed by atoms with Crippen LogP contribution in [0.2, 0.25) is 0 Å². The van der Waals surface area contributed by atoms with Crippen molar-refractivity contribution in [1.29, 1.82) is 0 Å². The number of piperidine rings is 1. The first kappa shape index (κ1) is 14.3. The van der Waals surface area contributed by atoms with Crippen LogP contribution in [-0.4, -0.2) is 59.5 Å². The number of carbonyl (C=O) groups is 1. The van der Waals surface area contributed by atoms with E-state index in [4.69, 9.17) is 0 Å². The summed E-state index contributed by atoms with van der Waals surface area (Å²) in [5, 5.41) is 3.33. The summed E-state index contributed by atoms with van der Waals surface area (Å²) in [5.41, 5.74) is 0. The first-order chi connectivity index (χ1) is 10.3. The summed E-state index contributed by atoms with van der Waals surface area (Å²) in [7, 11) is 0. The minimum Gasteiger partial charge on any atom is -0.355 e. The van der Waals surface area contributed by atoms with Crippen LogP contribution in [0, 0.1) is 5.92 Å². The Labute approximate surface area is 125 Å².